The first-order chi connectivity index (χ1) is 11.6. The largest absolute Gasteiger partial charge is 0.440 e. The van der Waals surface area contributed by atoms with Gasteiger partial charge < -0.3 is 5.32 Å². The van der Waals surface area contributed by atoms with Crippen LogP contribution in [0.1, 0.15) is 24.0 Å². The maximum absolute atomic E-state index is 13.6. The molecular formula is C16H16F3N3O3. The number of carbonyl (C=O) groups excluding carboxylic acids is 3. The second-order valence-electron chi connectivity index (χ2n) is 6.35. The van der Waals surface area contributed by atoms with E-state index in [9.17, 15) is 27.6 Å². The lowest BCUT2D eigenvalue weighted by atomic mass is 10.1. The summed E-state index contributed by atoms with van der Waals surface area (Å²) >= 11 is 0. The van der Waals surface area contributed by atoms with Crippen molar-refractivity contribution in [3.05, 3.63) is 29.3 Å². The number of alkyl halides is 3. The molecule has 0 unspecified atom stereocenters. The van der Waals surface area contributed by atoms with Gasteiger partial charge in [-0.05, 0) is 49.9 Å². The monoisotopic (exact) mass is 355 g/mol. The van der Waals surface area contributed by atoms with Gasteiger partial charge in [0.05, 0.1) is 5.69 Å². The van der Waals surface area contributed by atoms with Gasteiger partial charge in [-0.25, -0.2) is 9.69 Å². The molecule has 1 saturated carbocycles. The average molecular weight is 355 g/mol. The predicted molar refractivity (Wildman–Crippen MR) is 81.6 cm³/mol. The Bertz CT molecular complexity index is 774. The molecule has 0 bridgehead atoms. The van der Waals surface area contributed by atoms with Gasteiger partial charge in [0, 0.05) is 5.92 Å². The van der Waals surface area contributed by atoms with Crippen molar-refractivity contribution in [3.63, 3.8) is 0 Å². The number of amides is 4. The van der Waals surface area contributed by atoms with Gasteiger partial charge in [-0.15, -0.1) is 0 Å². The average Bonchev–Trinajstić information content (AvgIpc) is 3.30. The number of carbonyl (C=O) groups is 3. The highest BCUT2D eigenvalue weighted by atomic mass is 19.4. The number of imide groups is 1. The zero-order chi connectivity index (χ0) is 18.6. The van der Waals surface area contributed by atoms with Gasteiger partial charge >= 0.3 is 12.2 Å². The molecule has 25 heavy (non-hydrogen) atoms. The number of nitrogens with zero attached hydrogens (tertiary/aromatic N) is 1. The minimum Gasteiger partial charge on any atom is -0.318 e. The first-order valence-corrected chi connectivity index (χ1v) is 7.69. The summed E-state index contributed by atoms with van der Waals surface area (Å²) in [6.45, 7) is 3.50. The van der Waals surface area contributed by atoms with Gasteiger partial charge in [-0.2, -0.15) is 13.2 Å². The van der Waals surface area contributed by atoms with E-state index in [1.807, 2.05) is 0 Å². The lowest BCUT2D eigenvalue weighted by molar-refractivity contribution is -0.201. The van der Waals surface area contributed by atoms with Crippen LogP contribution in [0.4, 0.5) is 23.7 Å². The van der Waals surface area contributed by atoms with Crippen LogP contribution in [0.3, 0.4) is 0 Å². The van der Waals surface area contributed by atoms with Crippen molar-refractivity contribution < 1.29 is 27.6 Å². The van der Waals surface area contributed by atoms with Crippen molar-refractivity contribution >= 4 is 23.5 Å². The van der Waals surface area contributed by atoms with E-state index in [0.29, 0.717) is 23.3 Å². The number of hydrogen-bond acceptors (Lipinski definition) is 3. The van der Waals surface area contributed by atoms with Crippen LogP contribution in [0.15, 0.2) is 18.2 Å². The van der Waals surface area contributed by atoms with E-state index in [4.69, 9.17) is 0 Å². The molecule has 1 aliphatic carbocycles. The summed E-state index contributed by atoms with van der Waals surface area (Å²) < 4.78 is 40.9. The number of urea groups is 1. The summed E-state index contributed by atoms with van der Waals surface area (Å²) in [6, 6.07) is 3.19. The second-order valence-corrected chi connectivity index (χ2v) is 6.35. The minimum atomic E-state index is -5.18. The molecule has 2 aliphatic rings. The molecule has 1 aliphatic heterocycles. The Morgan fingerprint density at radius 3 is 2.40 bits per heavy atom. The quantitative estimate of drug-likeness (QED) is 0.816. The second kappa shape index (κ2) is 5.47. The molecular weight excluding hydrogens is 339 g/mol. The topological polar surface area (TPSA) is 78.5 Å². The molecule has 1 heterocycles. The van der Waals surface area contributed by atoms with Gasteiger partial charge in [0.15, 0.2) is 0 Å². The molecule has 0 spiro atoms. The van der Waals surface area contributed by atoms with Crippen LogP contribution in [0.5, 0.6) is 0 Å². The number of benzene rings is 1. The molecule has 1 atom stereocenters. The number of rotatable bonds is 3. The maximum atomic E-state index is 13.6. The number of aryl methyl sites for hydroxylation is 2. The third-order valence-electron chi connectivity index (χ3n) is 4.45. The van der Waals surface area contributed by atoms with Gasteiger partial charge in [-0.1, -0.05) is 6.07 Å². The van der Waals surface area contributed by atoms with Crippen LogP contribution >= 0.6 is 0 Å². The van der Waals surface area contributed by atoms with Crippen LogP contribution < -0.4 is 15.5 Å². The molecule has 3 rings (SSSR count). The third-order valence-corrected chi connectivity index (χ3v) is 4.45. The molecule has 1 aromatic rings. The Kier molecular flexibility index (Phi) is 3.77. The highest BCUT2D eigenvalue weighted by Crippen LogP contribution is 2.38. The SMILES string of the molecule is Cc1ccc(N2C(=O)N[C@@](NC(=O)C3CC3)(C(F)(F)F)C2=O)cc1C. The maximum Gasteiger partial charge on any atom is 0.440 e. The Morgan fingerprint density at radius 2 is 1.88 bits per heavy atom. The normalized spacial score (nSPS) is 23.6. The standard InChI is InChI=1S/C16H16F3N3O3/c1-8-3-6-11(7-9(8)2)22-13(24)15(16(17,18)19,21-14(22)25)20-12(23)10-4-5-10/h3,6-7,10H,4-5H2,1-2H3,(H,20,23)(H,21,25)/t15-/m1/s1. The van der Waals surface area contributed by atoms with Crippen LogP contribution in [-0.4, -0.2) is 29.7 Å². The highest BCUT2D eigenvalue weighted by Gasteiger charge is 2.69. The van der Waals surface area contributed by atoms with Crippen molar-refractivity contribution in [3.8, 4) is 0 Å². The Hall–Kier alpha value is -2.58. The van der Waals surface area contributed by atoms with E-state index in [2.05, 4.69) is 0 Å². The number of nitrogens with one attached hydrogen (secondary N) is 2. The van der Waals surface area contributed by atoms with Crippen LogP contribution in [0.25, 0.3) is 0 Å². The molecule has 9 heteroatoms. The summed E-state index contributed by atoms with van der Waals surface area (Å²) in [4.78, 5) is 37.0. The molecule has 1 aromatic carbocycles. The number of anilines is 1. The summed E-state index contributed by atoms with van der Waals surface area (Å²) in [5.74, 6) is -3.02. The summed E-state index contributed by atoms with van der Waals surface area (Å²) in [6.07, 6.45) is -4.26. The van der Waals surface area contributed by atoms with Crippen molar-refractivity contribution in [2.45, 2.75) is 38.5 Å². The molecule has 1 saturated heterocycles. The van der Waals surface area contributed by atoms with Crippen LogP contribution in [-0.2, 0) is 9.59 Å². The predicted octanol–water partition coefficient (Wildman–Crippen LogP) is 2.14. The van der Waals surface area contributed by atoms with E-state index in [0.717, 1.165) is 5.56 Å². The van der Waals surface area contributed by atoms with E-state index in [1.54, 1.807) is 30.5 Å². The zero-order valence-electron chi connectivity index (χ0n) is 13.5. The zero-order valence-corrected chi connectivity index (χ0v) is 13.5. The van der Waals surface area contributed by atoms with Crippen LogP contribution in [0, 0.1) is 19.8 Å². The van der Waals surface area contributed by atoms with Crippen molar-refractivity contribution in [1.29, 1.82) is 0 Å². The highest BCUT2D eigenvalue weighted by molar-refractivity contribution is 6.24. The van der Waals surface area contributed by atoms with E-state index < -0.39 is 35.6 Å². The molecule has 2 fully saturated rings. The fraction of sp³-hybridized carbons (Fsp3) is 0.438. The Labute approximate surface area is 141 Å². The summed E-state index contributed by atoms with van der Waals surface area (Å²) in [5.41, 5.74) is -1.86. The first-order valence-electron chi connectivity index (χ1n) is 7.69. The van der Waals surface area contributed by atoms with Crippen molar-refractivity contribution in [1.82, 2.24) is 10.6 Å². The molecule has 2 N–H and O–H groups in total. The molecule has 0 aromatic heterocycles. The van der Waals surface area contributed by atoms with Gasteiger partial charge in [0.1, 0.15) is 0 Å². The van der Waals surface area contributed by atoms with Crippen molar-refractivity contribution in [2.75, 3.05) is 4.90 Å². The molecule has 0 radical (unpaired) electrons. The fourth-order valence-electron chi connectivity index (χ4n) is 2.61. The van der Waals surface area contributed by atoms with E-state index in [-0.39, 0.29) is 5.69 Å². The fourth-order valence-corrected chi connectivity index (χ4v) is 2.61. The molecule has 4 amide bonds. The Morgan fingerprint density at radius 1 is 1.24 bits per heavy atom. The number of halogens is 3. The van der Waals surface area contributed by atoms with E-state index in [1.165, 1.54) is 12.1 Å². The van der Waals surface area contributed by atoms with Crippen LogP contribution in [0.2, 0.25) is 0 Å². The van der Waals surface area contributed by atoms with Crippen molar-refractivity contribution in [2.24, 2.45) is 5.92 Å². The smallest absolute Gasteiger partial charge is 0.318 e. The van der Waals surface area contributed by atoms with Gasteiger partial charge in [-0.3, -0.25) is 14.9 Å². The Balaban J connectivity index is 2.00. The summed E-state index contributed by atoms with van der Waals surface area (Å²) in [7, 11) is 0. The molecule has 6 nitrogen and oxygen atoms in total. The van der Waals surface area contributed by atoms with Gasteiger partial charge in [0.25, 0.3) is 11.6 Å². The van der Waals surface area contributed by atoms with Gasteiger partial charge in [0.2, 0.25) is 5.91 Å². The lowest BCUT2D eigenvalue weighted by Crippen LogP contribution is -2.69. The molecule has 134 valence electrons. The third kappa shape index (κ3) is 2.73. The summed E-state index contributed by atoms with van der Waals surface area (Å²) in [5, 5.41) is 3.35. The van der Waals surface area contributed by atoms with E-state index >= 15 is 0 Å². The lowest BCUT2D eigenvalue weighted by Gasteiger charge is -2.29. The minimum absolute atomic E-state index is 0.0115. The number of hydrogen-bond donors (Lipinski definition) is 2. The first kappa shape index (κ1) is 17.2.